The van der Waals surface area contributed by atoms with E-state index in [9.17, 15) is 4.79 Å². The molecule has 2 heterocycles. The van der Waals surface area contributed by atoms with Crippen molar-refractivity contribution in [2.75, 3.05) is 32.8 Å². The maximum Gasteiger partial charge on any atom is 0.236 e. The summed E-state index contributed by atoms with van der Waals surface area (Å²) >= 11 is 0. The molecule has 3 rings (SSSR count). The van der Waals surface area contributed by atoms with Gasteiger partial charge in [0, 0.05) is 19.1 Å². The second-order valence-electron chi connectivity index (χ2n) is 7.22. The Bertz CT molecular complexity index is 543. The van der Waals surface area contributed by atoms with Crippen LogP contribution in [0.1, 0.15) is 51.1 Å². The van der Waals surface area contributed by atoms with Crippen LogP contribution < -0.4 is 4.74 Å². The second-order valence-corrected chi connectivity index (χ2v) is 7.22. The van der Waals surface area contributed by atoms with E-state index in [0.29, 0.717) is 31.0 Å². The average Bonchev–Trinajstić information content (AvgIpc) is 3.04. The number of likely N-dealkylation sites (tertiary alicyclic amines) is 2. The Morgan fingerprint density at radius 3 is 2.62 bits per heavy atom. The van der Waals surface area contributed by atoms with Crippen LogP contribution in [0.4, 0.5) is 0 Å². The molecule has 2 fully saturated rings. The number of hydrogen-bond donors (Lipinski definition) is 0. The number of nitrogens with zero attached hydrogens (tertiary/aromatic N) is 2. The van der Waals surface area contributed by atoms with Crippen molar-refractivity contribution in [1.29, 1.82) is 0 Å². The van der Waals surface area contributed by atoms with Crippen molar-refractivity contribution in [3.8, 4) is 5.75 Å². The summed E-state index contributed by atoms with van der Waals surface area (Å²) in [5.74, 6) is 1.87. The molecule has 0 unspecified atom stereocenters. The normalized spacial score (nSPS) is 25.0. The van der Waals surface area contributed by atoms with Gasteiger partial charge >= 0.3 is 0 Å². The Balaban J connectivity index is 1.61. The molecule has 2 saturated heterocycles. The van der Waals surface area contributed by atoms with Crippen molar-refractivity contribution < 1.29 is 9.53 Å². The molecule has 2 aliphatic heterocycles. The molecule has 0 saturated carbocycles. The maximum atomic E-state index is 12.7. The maximum absolute atomic E-state index is 12.7. The van der Waals surface area contributed by atoms with Crippen LogP contribution in [0.2, 0.25) is 0 Å². The summed E-state index contributed by atoms with van der Waals surface area (Å²) in [5.41, 5.74) is 1.30. The molecule has 24 heavy (non-hydrogen) atoms. The van der Waals surface area contributed by atoms with Gasteiger partial charge in [-0.25, -0.2) is 0 Å². The first-order valence-electron chi connectivity index (χ1n) is 9.42. The third kappa shape index (κ3) is 4.10. The number of ether oxygens (including phenoxy) is 1. The zero-order chi connectivity index (χ0) is 16.9. The van der Waals surface area contributed by atoms with E-state index in [-0.39, 0.29) is 0 Å². The largest absolute Gasteiger partial charge is 0.494 e. The lowest BCUT2D eigenvalue weighted by molar-refractivity contribution is -0.134. The van der Waals surface area contributed by atoms with Crippen molar-refractivity contribution >= 4 is 5.91 Å². The zero-order valence-corrected chi connectivity index (χ0v) is 15.0. The fourth-order valence-corrected chi connectivity index (χ4v) is 4.04. The number of benzene rings is 1. The van der Waals surface area contributed by atoms with Gasteiger partial charge in [0.25, 0.3) is 0 Å². The molecule has 1 aromatic carbocycles. The van der Waals surface area contributed by atoms with Crippen LogP contribution in [0, 0.1) is 5.92 Å². The van der Waals surface area contributed by atoms with Gasteiger partial charge in [0.2, 0.25) is 5.91 Å². The van der Waals surface area contributed by atoms with Gasteiger partial charge < -0.3 is 9.64 Å². The van der Waals surface area contributed by atoms with Crippen LogP contribution in [0.15, 0.2) is 24.3 Å². The van der Waals surface area contributed by atoms with Crippen LogP contribution in [-0.4, -0.2) is 48.5 Å². The molecule has 0 aromatic heterocycles. The Morgan fingerprint density at radius 1 is 1.17 bits per heavy atom. The molecule has 4 heteroatoms. The highest BCUT2D eigenvalue weighted by Crippen LogP contribution is 2.32. The van der Waals surface area contributed by atoms with Gasteiger partial charge in [0.05, 0.1) is 13.2 Å². The lowest BCUT2D eigenvalue weighted by Gasteiger charge is -2.33. The zero-order valence-electron chi connectivity index (χ0n) is 15.0. The molecule has 0 N–H and O–H groups in total. The number of carbonyl (C=O) groups is 1. The van der Waals surface area contributed by atoms with Crippen LogP contribution in [0.5, 0.6) is 5.75 Å². The molecule has 0 radical (unpaired) electrons. The Labute approximate surface area is 145 Å². The third-order valence-electron chi connectivity index (χ3n) is 5.29. The minimum absolute atomic E-state index is 0.305. The van der Waals surface area contributed by atoms with Crippen molar-refractivity contribution in [3.63, 3.8) is 0 Å². The van der Waals surface area contributed by atoms with E-state index < -0.39 is 0 Å². The predicted octanol–water partition coefficient (Wildman–Crippen LogP) is 3.48. The number of hydrogen-bond acceptors (Lipinski definition) is 3. The first-order chi connectivity index (χ1) is 11.7. The fourth-order valence-electron chi connectivity index (χ4n) is 4.04. The summed E-state index contributed by atoms with van der Waals surface area (Å²) in [6, 6.07) is 8.77. The van der Waals surface area contributed by atoms with E-state index >= 15 is 0 Å². The van der Waals surface area contributed by atoms with E-state index in [1.165, 1.54) is 18.4 Å². The molecule has 1 aromatic rings. The average molecular weight is 330 g/mol. The predicted molar refractivity (Wildman–Crippen MR) is 96.1 cm³/mol. The van der Waals surface area contributed by atoms with Crippen molar-refractivity contribution in [2.24, 2.45) is 5.92 Å². The lowest BCUT2D eigenvalue weighted by atomic mass is 10.0. The quantitative estimate of drug-likeness (QED) is 0.828. The van der Waals surface area contributed by atoms with Gasteiger partial charge in [-0.2, -0.15) is 0 Å². The van der Waals surface area contributed by atoms with E-state index in [0.717, 1.165) is 38.2 Å². The standard InChI is InChI=1S/C20H30N2O2/c1-3-24-18-10-8-17(9-11-18)19-7-5-12-21(19)15-20(23)22-13-4-6-16(2)14-22/h8-11,16,19H,3-7,12-15H2,1-2H3/t16-,19+/m1/s1. The fraction of sp³-hybridized carbons (Fsp3) is 0.650. The highest BCUT2D eigenvalue weighted by Gasteiger charge is 2.30. The summed E-state index contributed by atoms with van der Waals surface area (Å²) in [5, 5.41) is 0. The smallest absolute Gasteiger partial charge is 0.236 e. The van der Waals surface area contributed by atoms with Crippen LogP contribution >= 0.6 is 0 Å². The molecule has 4 nitrogen and oxygen atoms in total. The Kier molecular flexibility index (Phi) is 5.77. The summed E-state index contributed by atoms with van der Waals surface area (Å²) in [4.78, 5) is 17.1. The van der Waals surface area contributed by atoms with Gasteiger partial charge in [0.15, 0.2) is 0 Å². The lowest BCUT2D eigenvalue weighted by Crippen LogP contribution is -2.44. The molecule has 0 aliphatic carbocycles. The Hall–Kier alpha value is -1.55. The Morgan fingerprint density at radius 2 is 1.92 bits per heavy atom. The summed E-state index contributed by atoms with van der Waals surface area (Å²) < 4.78 is 5.53. The SMILES string of the molecule is CCOc1ccc([C@@H]2CCCN2CC(=O)N2CCC[C@@H](C)C2)cc1. The van der Waals surface area contributed by atoms with Gasteiger partial charge in [-0.3, -0.25) is 9.69 Å². The summed E-state index contributed by atoms with van der Waals surface area (Å²) in [6.07, 6.45) is 4.71. The van der Waals surface area contributed by atoms with E-state index in [2.05, 4.69) is 28.9 Å². The van der Waals surface area contributed by atoms with Gasteiger partial charge in [-0.1, -0.05) is 19.1 Å². The molecular weight excluding hydrogens is 300 g/mol. The van der Waals surface area contributed by atoms with Gasteiger partial charge in [-0.15, -0.1) is 0 Å². The molecule has 0 bridgehead atoms. The van der Waals surface area contributed by atoms with Gasteiger partial charge in [0.1, 0.15) is 5.75 Å². The summed E-state index contributed by atoms with van der Waals surface area (Å²) in [6.45, 7) is 8.39. The van der Waals surface area contributed by atoms with Crippen molar-refractivity contribution in [3.05, 3.63) is 29.8 Å². The summed E-state index contributed by atoms with van der Waals surface area (Å²) in [7, 11) is 0. The number of carbonyl (C=O) groups excluding carboxylic acids is 1. The highest BCUT2D eigenvalue weighted by molar-refractivity contribution is 5.78. The number of rotatable bonds is 5. The van der Waals surface area contributed by atoms with Crippen LogP contribution in [0.25, 0.3) is 0 Å². The topological polar surface area (TPSA) is 32.8 Å². The third-order valence-corrected chi connectivity index (χ3v) is 5.29. The number of piperidine rings is 1. The van der Waals surface area contributed by atoms with Crippen molar-refractivity contribution in [2.45, 2.75) is 45.6 Å². The van der Waals surface area contributed by atoms with Gasteiger partial charge in [-0.05, 0) is 62.8 Å². The monoisotopic (exact) mass is 330 g/mol. The molecule has 0 spiro atoms. The van der Waals surface area contributed by atoms with Crippen LogP contribution in [0.3, 0.4) is 0 Å². The molecule has 2 atom stereocenters. The second kappa shape index (κ2) is 8.02. The van der Waals surface area contributed by atoms with E-state index in [4.69, 9.17) is 4.74 Å². The van der Waals surface area contributed by atoms with Crippen LogP contribution in [-0.2, 0) is 4.79 Å². The minimum atomic E-state index is 0.305. The minimum Gasteiger partial charge on any atom is -0.494 e. The van der Waals surface area contributed by atoms with Crippen molar-refractivity contribution in [1.82, 2.24) is 9.80 Å². The molecule has 1 amide bonds. The first-order valence-corrected chi connectivity index (χ1v) is 9.42. The molecule has 2 aliphatic rings. The number of amides is 1. The molecular formula is C20H30N2O2. The van der Waals surface area contributed by atoms with E-state index in [1.807, 2.05) is 19.1 Å². The van der Waals surface area contributed by atoms with E-state index in [1.54, 1.807) is 0 Å². The first kappa shape index (κ1) is 17.3. The molecule has 132 valence electrons. The highest BCUT2D eigenvalue weighted by atomic mass is 16.5.